The van der Waals surface area contributed by atoms with Gasteiger partial charge in [-0.25, -0.2) is 9.37 Å². The van der Waals surface area contributed by atoms with Gasteiger partial charge in [0.1, 0.15) is 16.4 Å². The van der Waals surface area contributed by atoms with E-state index in [0.29, 0.717) is 23.1 Å². The van der Waals surface area contributed by atoms with Crippen molar-refractivity contribution in [2.75, 3.05) is 12.4 Å². The molecule has 0 fully saturated rings. The number of thiophene rings is 1. The molecule has 0 bridgehead atoms. The summed E-state index contributed by atoms with van der Waals surface area (Å²) >= 11 is 1.52. The van der Waals surface area contributed by atoms with Crippen LogP contribution in [0.3, 0.4) is 0 Å². The van der Waals surface area contributed by atoms with E-state index in [1.165, 1.54) is 17.4 Å². The number of aryl methyl sites for hydroxylation is 1. The van der Waals surface area contributed by atoms with Gasteiger partial charge in [0.15, 0.2) is 0 Å². The summed E-state index contributed by atoms with van der Waals surface area (Å²) in [5.74, 6) is 1.26. The minimum atomic E-state index is -0.253. The monoisotopic (exact) mass is 289 g/mol. The molecule has 0 saturated carbocycles. The number of halogens is 1. The molecule has 0 radical (unpaired) electrons. The molecular formula is C14H12FN3OS. The van der Waals surface area contributed by atoms with Gasteiger partial charge in [0.25, 0.3) is 0 Å². The molecule has 0 aliphatic carbocycles. The van der Waals surface area contributed by atoms with E-state index in [4.69, 9.17) is 4.74 Å². The van der Waals surface area contributed by atoms with Crippen molar-refractivity contribution in [1.29, 1.82) is 0 Å². The van der Waals surface area contributed by atoms with Crippen LogP contribution in [-0.2, 0) is 0 Å². The second kappa shape index (κ2) is 5.05. The van der Waals surface area contributed by atoms with E-state index in [2.05, 4.69) is 15.3 Å². The molecule has 2 heterocycles. The lowest BCUT2D eigenvalue weighted by molar-refractivity contribution is 0.466. The summed E-state index contributed by atoms with van der Waals surface area (Å²) < 4.78 is 19.0. The molecule has 3 rings (SSSR count). The van der Waals surface area contributed by atoms with Gasteiger partial charge in [-0.05, 0) is 42.1 Å². The Kier molecular flexibility index (Phi) is 3.23. The molecule has 0 spiro atoms. The van der Waals surface area contributed by atoms with Crippen molar-refractivity contribution in [1.82, 2.24) is 9.97 Å². The molecule has 0 saturated heterocycles. The molecular weight excluding hydrogens is 277 g/mol. The van der Waals surface area contributed by atoms with E-state index < -0.39 is 0 Å². The van der Waals surface area contributed by atoms with Gasteiger partial charge in [-0.1, -0.05) is 0 Å². The maximum Gasteiger partial charge on any atom is 0.232 e. The number of nitrogens with zero attached hydrogens (tertiary/aromatic N) is 2. The molecule has 6 heteroatoms. The smallest absolute Gasteiger partial charge is 0.232 e. The van der Waals surface area contributed by atoms with Crippen LogP contribution in [0.1, 0.15) is 5.56 Å². The molecule has 0 aliphatic rings. The molecule has 0 aliphatic heterocycles. The van der Waals surface area contributed by atoms with Crippen LogP contribution in [0.5, 0.6) is 11.6 Å². The zero-order valence-corrected chi connectivity index (χ0v) is 11.8. The predicted octanol–water partition coefficient (Wildman–Crippen LogP) is 3.97. The van der Waals surface area contributed by atoms with E-state index in [-0.39, 0.29) is 5.82 Å². The van der Waals surface area contributed by atoms with Gasteiger partial charge in [-0.3, -0.25) is 0 Å². The largest absolute Gasteiger partial charge is 0.438 e. The Morgan fingerprint density at radius 2 is 2.10 bits per heavy atom. The molecule has 102 valence electrons. The lowest BCUT2D eigenvalue weighted by Gasteiger charge is -2.08. The van der Waals surface area contributed by atoms with Gasteiger partial charge >= 0.3 is 0 Å². The van der Waals surface area contributed by atoms with Crippen molar-refractivity contribution in [3.8, 4) is 11.6 Å². The zero-order valence-electron chi connectivity index (χ0n) is 11.0. The van der Waals surface area contributed by atoms with Gasteiger partial charge in [-0.2, -0.15) is 4.98 Å². The minimum Gasteiger partial charge on any atom is -0.438 e. The molecule has 3 aromatic rings. The third kappa shape index (κ3) is 2.30. The predicted molar refractivity (Wildman–Crippen MR) is 78.2 cm³/mol. The van der Waals surface area contributed by atoms with E-state index in [1.54, 1.807) is 26.1 Å². The first-order chi connectivity index (χ1) is 9.67. The quantitative estimate of drug-likeness (QED) is 0.792. The van der Waals surface area contributed by atoms with Crippen LogP contribution in [0.15, 0.2) is 29.6 Å². The summed E-state index contributed by atoms with van der Waals surface area (Å²) in [5, 5.41) is 5.68. The lowest BCUT2D eigenvalue weighted by atomic mass is 10.2. The van der Waals surface area contributed by atoms with Crippen LogP contribution in [-0.4, -0.2) is 17.0 Å². The average molecular weight is 289 g/mol. The van der Waals surface area contributed by atoms with Gasteiger partial charge in [0.2, 0.25) is 11.8 Å². The summed E-state index contributed by atoms with van der Waals surface area (Å²) in [7, 11) is 1.75. The van der Waals surface area contributed by atoms with Crippen molar-refractivity contribution >= 4 is 27.5 Å². The summed E-state index contributed by atoms with van der Waals surface area (Å²) in [6.45, 7) is 1.70. The minimum absolute atomic E-state index is 0.253. The number of aromatic nitrogens is 2. The maximum atomic E-state index is 13.3. The second-order valence-corrected chi connectivity index (χ2v) is 5.15. The maximum absolute atomic E-state index is 13.3. The Labute approximate surface area is 119 Å². The third-order valence-electron chi connectivity index (χ3n) is 2.86. The Morgan fingerprint density at radius 3 is 2.85 bits per heavy atom. The van der Waals surface area contributed by atoms with Gasteiger partial charge in [0, 0.05) is 7.05 Å². The van der Waals surface area contributed by atoms with Crippen molar-refractivity contribution in [2.45, 2.75) is 6.92 Å². The SMILES string of the molecule is CNc1nc(Oc2ccc(F)c(C)c2)c2ccsc2n1. The topological polar surface area (TPSA) is 47.0 Å². The highest BCUT2D eigenvalue weighted by molar-refractivity contribution is 7.16. The van der Waals surface area contributed by atoms with E-state index in [9.17, 15) is 4.39 Å². The average Bonchev–Trinajstić information content (AvgIpc) is 2.91. The van der Waals surface area contributed by atoms with Crippen LogP contribution >= 0.6 is 11.3 Å². The van der Waals surface area contributed by atoms with E-state index >= 15 is 0 Å². The molecule has 1 aromatic carbocycles. The Bertz CT molecular complexity index is 772. The first-order valence-electron chi connectivity index (χ1n) is 6.04. The standard InChI is InChI=1S/C14H12FN3OS/c1-8-7-9(3-4-11(8)15)19-12-10-5-6-20-13(10)18-14(16-2)17-12/h3-7H,1-2H3,(H,16,17,18). The first kappa shape index (κ1) is 12.8. The van der Waals surface area contributed by atoms with E-state index in [0.717, 1.165) is 10.2 Å². The molecule has 1 N–H and O–H groups in total. The number of benzene rings is 1. The Hall–Kier alpha value is -2.21. The van der Waals surface area contributed by atoms with Crippen molar-refractivity contribution in [3.05, 3.63) is 41.0 Å². The highest BCUT2D eigenvalue weighted by Gasteiger charge is 2.11. The van der Waals surface area contributed by atoms with E-state index in [1.807, 2.05) is 11.4 Å². The van der Waals surface area contributed by atoms with Crippen LogP contribution in [0.2, 0.25) is 0 Å². The Morgan fingerprint density at radius 1 is 1.25 bits per heavy atom. The number of anilines is 1. The van der Waals surface area contributed by atoms with Gasteiger partial charge in [-0.15, -0.1) is 11.3 Å². The third-order valence-corrected chi connectivity index (χ3v) is 3.66. The summed E-state index contributed by atoms with van der Waals surface area (Å²) in [6, 6.07) is 6.52. The Balaban J connectivity index is 2.04. The number of hydrogen-bond acceptors (Lipinski definition) is 5. The highest BCUT2D eigenvalue weighted by Crippen LogP contribution is 2.31. The number of rotatable bonds is 3. The van der Waals surface area contributed by atoms with Crippen LogP contribution < -0.4 is 10.1 Å². The number of fused-ring (bicyclic) bond motifs is 1. The summed E-state index contributed by atoms with van der Waals surface area (Å²) in [5.41, 5.74) is 0.534. The number of nitrogens with one attached hydrogen (secondary N) is 1. The van der Waals surface area contributed by atoms with Gasteiger partial charge in [0.05, 0.1) is 5.39 Å². The molecule has 0 unspecified atom stereocenters. The fourth-order valence-electron chi connectivity index (χ4n) is 1.81. The van der Waals surface area contributed by atoms with Crippen LogP contribution in [0, 0.1) is 12.7 Å². The van der Waals surface area contributed by atoms with Crippen molar-refractivity contribution in [3.63, 3.8) is 0 Å². The molecule has 2 aromatic heterocycles. The molecule has 4 nitrogen and oxygen atoms in total. The molecule has 0 amide bonds. The molecule has 20 heavy (non-hydrogen) atoms. The molecule has 0 atom stereocenters. The zero-order chi connectivity index (χ0) is 14.1. The second-order valence-electron chi connectivity index (χ2n) is 4.25. The first-order valence-corrected chi connectivity index (χ1v) is 6.92. The van der Waals surface area contributed by atoms with Crippen LogP contribution in [0.4, 0.5) is 10.3 Å². The summed E-state index contributed by atoms with van der Waals surface area (Å²) in [4.78, 5) is 9.50. The highest BCUT2D eigenvalue weighted by atomic mass is 32.1. The summed E-state index contributed by atoms with van der Waals surface area (Å²) in [6.07, 6.45) is 0. The van der Waals surface area contributed by atoms with Crippen molar-refractivity contribution < 1.29 is 9.13 Å². The van der Waals surface area contributed by atoms with Crippen LogP contribution in [0.25, 0.3) is 10.2 Å². The number of hydrogen-bond donors (Lipinski definition) is 1. The van der Waals surface area contributed by atoms with Crippen molar-refractivity contribution in [2.24, 2.45) is 0 Å². The fourth-order valence-corrected chi connectivity index (χ4v) is 2.56. The lowest BCUT2D eigenvalue weighted by Crippen LogP contribution is -1.98. The normalized spacial score (nSPS) is 10.8. The number of ether oxygens (including phenoxy) is 1. The van der Waals surface area contributed by atoms with Gasteiger partial charge < -0.3 is 10.1 Å². The fraction of sp³-hybridized carbons (Fsp3) is 0.143.